The van der Waals surface area contributed by atoms with E-state index in [1.807, 2.05) is 54.7 Å². The van der Waals surface area contributed by atoms with Crippen molar-refractivity contribution in [3.8, 4) is 17.5 Å². The van der Waals surface area contributed by atoms with Gasteiger partial charge in [0.1, 0.15) is 22.3 Å². The van der Waals surface area contributed by atoms with Crippen LogP contribution in [-0.2, 0) is 6.54 Å². The molecule has 0 amide bonds. The van der Waals surface area contributed by atoms with Crippen LogP contribution in [0.4, 0.5) is 0 Å². The fourth-order valence-corrected chi connectivity index (χ4v) is 3.20. The SMILES string of the molecule is COc1ccc(Cn2cc3nc(-c4nc5ccccc5o4)nc(Cl)c3n2)cc1. The Kier molecular flexibility index (Phi) is 3.95. The van der Waals surface area contributed by atoms with Gasteiger partial charge in [-0.15, -0.1) is 0 Å². The van der Waals surface area contributed by atoms with Crippen molar-refractivity contribution >= 4 is 33.7 Å². The average molecular weight is 392 g/mol. The zero-order valence-electron chi connectivity index (χ0n) is 14.8. The minimum absolute atomic E-state index is 0.260. The molecule has 0 aliphatic rings. The van der Waals surface area contributed by atoms with E-state index in [2.05, 4.69) is 20.1 Å². The van der Waals surface area contributed by atoms with Gasteiger partial charge in [0.15, 0.2) is 10.7 Å². The summed E-state index contributed by atoms with van der Waals surface area (Å²) in [6.45, 7) is 0.578. The predicted octanol–water partition coefficient (Wildman–Crippen LogP) is 4.34. The Morgan fingerprint density at radius 2 is 1.82 bits per heavy atom. The molecule has 0 N–H and O–H groups in total. The normalized spacial score (nSPS) is 11.4. The molecule has 5 rings (SSSR count). The first kappa shape index (κ1) is 16.7. The molecule has 3 heterocycles. The molecule has 0 saturated carbocycles. The van der Waals surface area contributed by atoms with Crippen LogP contribution in [0.25, 0.3) is 33.8 Å². The molecule has 28 heavy (non-hydrogen) atoms. The zero-order valence-corrected chi connectivity index (χ0v) is 15.6. The summed E-state index contributed by atoms with van der Waals surface area (Å²) in [6, 6.07) is 15.3. The lowest BCUT2D eigenvalue weighted by atomic mass is 10.2. The van der Waals surface area contributed by atoms with Crippen LogP contribution in [-0.4, -0.2) is 31.8 Å². The second-order valence-corrected chi connectivity index (χ2v) is 6.59. The first-order valence-corrected chi connectivity index (χ1v) is 8.97. The van der Waals surface area contributed by atoms with E-state index in [0.717, 1.165) is 16.8 Å². The van der Waals surface area contributed by atoms with Gasteiger partial charge in [0.2, 0.25) is 5.82 Å². The van der Waals surface area contributed by atoms with E-state index in [1.54, 1.807) is 11.8 Å². The van der Waals surface area contributed by atoms with Gasteiger partial charge in [-0.1, -0.05) is 35.9 Å². The molecule has 2 aromatic carbocycles. The number of hydrogen-bond donors (Lipinski definition) is 0. The number of rotatable bonds is 4. The number of halogens is 1. The molecule has 7 nitrogen and oxygen atoms in total. The molecule has 0 radical (unpaired) electrons. The van der Waals surface area contributed by atoms with Gasteiger partial charge in [0.25, 0.3) is 5.89 Å². The zero-order chi connectivity index (χ0) is 19.1. The number of para-hydroxylation sites is 2. The highest BCUT2D eigenvalue weighted by atomic mass is 35.5. The lowest BCUT2D eigenvalue weighted by Crippen LogP contribution is -1.99. The molecule has 3 aromatic heterocycles. The molecular weight excluding hydrogens is 378 g/mol. The summed E-state index contributed by atoms with van der Waals surface area (Å²) in [5.74, 6) is 1.47. The van der Waals surface area contributed by atoms with Crippen LogP contribution in [0.5, 0.6) is 5.75 Å². The molecule has 0 aliphatic carbocycles. The Labute approximate surface area is 164 Å². The van der Waals surface area contributed by atoms with E-state index in [0.29, 0.717) is 34.9 Å². The van der Waals surface area contributed by atoms with E-state index >= 15 is 0 Å². The van der Waals surface area contributed by atoms with Crippen molar-refractivity contribution in [1.29, 1.82) is 0 Å². The summed E-state index contributed by atoms with van der Waals surface area (Å²) in [5.41, 5.74) is 3.66. The molecule has 0 unspecified atom stereocenters. The Morgan fingerprint density at radius 3 is 2.61 bits per heavy atom. The molecule has 0 atom stereocenters. The van der Waals surface area contributed by atoms with Gasteiger partial charge in [-0.2, -0.15) is 5.10 Å². The maximum atomic E-state index is 6.35. The number of methoxy groups -OCH3 is 1. The number of nitrogens with zero attached hydrogens (tertiary/aromatic N) is 5. The number of hydrogen-bond acceptors (Lipinski definition) is 6. The van der Waals surface area contributed by atoms with E-state index < -0.39 is 0 Å². The smallest absolute Gasteiger partial charge is 0.266 e. The minimum Gasteiger partial charge on any atom is -0.497 e. The third-order valence-corrected chi connectivity index (χ3v) is 4.62. The van der Waals surface area contributed by atoms with E-state index in [4.69, 9.17) is 20.8 Å². The molecule has 5 aromatic rings. The van der Waals surface area contributed by atoms with Crippen LogP contribution in [0.3, 0.4) is 0 Å². The summed E-state index contributed by atoms with van der Waals surface area (Å²) < 4.78 is 12.7. The minimum atomic E-state index is 0.260. The Bertz CT molecular complexity index is 1260. The second kappa shape index (κ2) is 6.61. The second-order valence-electron chi connectivity index (χ2n) is 6.23. The number of aromatic nitrogens is 5. The lowest BCUT2D eigenvalue weighted by molar-refractivity contribution is 0.414. The molecule has 0 fully saturated rings. The summed E-state index contributed by atoms with van der Waals surface area (Å²) in [4.78, 5) is 13.3. The molecular formula is C20H14ClN5O2. The fraction of sp³-hybridized carbons (Fsp3) is 0.100. The van der Waals surface area contributed by atoms with Gasteiger partial charge in [-0.3, -0.25) is 4.68 Å². The third-order valence-electron chi connectivity index (χ3n) is 4.36. The summed E-state index contributed by atoms with van der Waals surface area (Å²) in [7, 11) is 1.64. The van der Waals surface area contributed by atoms with Crippen molar-refractivity contribution in [2.45, 2.75) is 6.54 Å². The van der Waals surface area contributed by atoms with Crippen molar-refractivity contribution in [2.75, 3.05) is 7.11 Å². The molecule has 0 spiro atoms. The van der Waals surface area contributed by atoms with Gasteiger partial charge in [-0.25, -0.2) is 15.0 Å². The molecule has 8 heteroatoms. The third kappa shape index (κ3) is 2.95. The van der Waals surface area contributed by atoms with E-state index in [-0.39, 0.29) is 5.15 Å². The highest BCUT2D eigenvalue weighted by molar-refractivity contribution is 6.33. The summed E-state index contributed by atoms with van der Waals surface area (Å²) in [6.07, 6.45) is 1.83. The van der Waals surface area contributed by atoms with Crippen LogP contribution < -0.4 is 4.74 Å². The van der Waals surface area contributed by atoms with Crippen LogP contribution in [0.2, 0.25) is 5.15 Å². The lowest BCUT2D eigenvalue weighted by Gasteiger charge is -2.03. The highest BCUT2D eigenvalue weighted by Gasteiger charge is 2.16. The molecule has 0 bridgehead atoms. The standard InChI is InChI=1S/C20H14ClN5O2/c1-27-13-8-6-12(7-9-13)10-26-11-15-17(25-26)18(21)24-19(22-15)20-23-14-4-2-3-5-16(14)28-20/h2-9,11H,10H2,1H3. The number of ether oxygens (including phenoxy) is 1. The monoisotopic (exact) mass is 391 g/mol. The van der Waals surface area contributed by atoms with Crippen LogP contribution in [0, 0.1) is 0 Å². The average Bonchev–Trinajstić information content (AvgIpc) is 3.32. The number of fused-ring (bicyclic) bond motifs is 2. The fourth-order valence-electron chi connectivity index (χ4n) is 2.99. The van der Waals surface area contributed by atoms with Gasteiger partial charge >= 0.3 is 0 Å². The topological polar surface area (TPSA) is 78.9 Å². The Morgan fingerprint density at radius 1 is 1.00 bits per heavy atom. The van der Waals surface area contributed by atoms with Crippen molar-refractivity contribution in [3.05, 3.63) is 65.4 Å². The summed E-state index contributed by atoms with van der Waals surface area (Å²) in [5, 5.41) is 4.77. The van der Waals surface area contributed by atoms with Crippen molar-refractivity contribution < 1.29 is 9.15 Å². The maximum Gasteiger partial charge on any atom is 0.266 e. The first-order valence-electron chi connectivity index (χ1n) is 8.59. The Hall–Kier alpha value is -3.45. The Balaban J connectivity index is 1.51. The van der Waals surface area contributed by atoms with Gasteiger partial charge in [0, 0.05) is 0 Å². The van der Waals surface area contributed by atoms with Gasteiger partial charge in [0.05, 0.1) is 19.9 Å². The molecule has 0 saturated heterocycles. The van der Waals surface area contributed by atoms with Gasteiger partial charge < -0.3 is 9.15 Å². The van der Waals surface area contributed by atoms with Gasteiger partial charge in [-0.05, 0) is 29.8 Å². The van der Waals surface area contributed by atoms with Crippen LogP contribution >= 0.6 is 11.6 Å². The quantitative estimate of drug-likeness (QED) is 0.424. The van der Waals surface area contributed by atoms with E-state index in [1.165, 1.54) is 0 Å². The van der Waals surface area contributed by atoms with Crippen molar-refractivity contribution in [2.24, 2.45) is 0 Å². The van der Waals surface area contributed by atoms with E-state index in [9.17, 15) is 0 Å². The molecule has 138 valence electrons. The molecule has 0 aliphatic heterocycles. The maximum absolute atomic E-state index is 6.35. The predicted molar refractivity (Wildman–Crippen MR) is 105 cm³/mol. The van der Waals surface area contributed by atoms with Crippen molar-refractivity contribution in [1.82, 2.24) is 24.7 Å². The number of oxazole rings is 1. The first-order chi connectivity index (χ1) is 13.7. The highest BCUT2D eigenvalue weighted by Crippen LogP contribution is 2.26. The largest absolute Gasteiger partial charge is 0.497 e. The number of benzene rings is 2. The van der Waals surface area contributed by atoms with Crippen molar-refractivity contribution in [3.63, 3.8) is 0 Å². The van der Waals surface area contributed by atoms with Crippen LogP contribution in [0.1, 0.15) is 5.56 Å². The van der Waals surface area contributed by atoms with Crippen LogP contribution in [0.15, 0.2) is 59.1 Å². The summed E-state index contributed by atoms with van der Waals surface area (Å²) >= 11 is 6.35.